The van der Waals surface area contributed by atoms with Gasteiger partial charge in [0, 0.05) is 24.2 Å². The third-order valence-corrected chi connectivity index (χ3v) is 11.2. The van der Waals surface area contributed by atoms with Crippen LogP contribution < -0.4 is 11.1 Å². The van der Waals surface area contributed by atoms with Crippen LogP contribution in [0, 0.1) is 17.3 Å². The minimum Gasteiger partial charge on any atom is -0.468 e. The number of aromatic nitrogens is 3. The number of methoxy groups -OCH3 is 1. The van der Waals surface area contributed by atoms with E-state index in [4.69, 9.17) is 4.74 Å². The average molecular weight is 587 g/mol. The highest BCUT2D eigenvalue weighted by molar-refractivity contribution is 5.78. The van der Waals surface area contributed by atoms with Gasteiger partial charge in [-0.1, -0.05) is 51.8 Å². The summed E-state index contributed by atoms with van der Waals surface area (Å²) < 4.78 is 7.94. The zero-order valence-corrected chi connectivity index (χ0v) is 26.1. The number of nitrogens with zero attached hydrogens (tertiary/aromatic N) is 4. The van der Waals surface area contributed by atoms with Crippen molar-refractivity contribution < 1.29 is 9.53 Å². The van der Waals surface area contributed by atoms with Gasteiger partial charge in [0.1, 0.15) is 6.54 Å². The molecule has 0 amide bonds. The van der Waals surface area contributed by atoms with Gasteiger partial charge in [0.05, 0.1) is 23.8 Å². The standard InChI is InChI=1S/C26H30N4O4.C9H16/c1-3-28-17-8-6-9-18(28)15-19(14-17)30-21-11-5-4-10-20(21)27-25(26(30)33)22-12-7-13-23(31)29(22)16-24(32)34-2;1-9(2)7-4-3-5-8(9)6-7/h4-5,7,10-13,17-19H,3,6,8-9,14-16H2,1-2H3;7-8H,3-6H2,1-2H3. The molecule has 3 saturated carbocycles. The van der Waals surface area contributed by atoms with Crippen molar-refractivity contribution in [2.75, 3.05) is 13.7 Å². The first kappa shape index (κ1) is 29.8. The summed E-state index contributed by atoms with van der Waals surface area (Å²) >= 11 is 0. The van der Waals surface area contributed by atoms with Crippen LogP contribution in [0.25, 0.3) is 22.4 Å². The quantitative estimate of drug-likeness (QED) is 0.351. The van der Waals surface area contributed by atoms with Crippen molar-refractivity contribution in [3.8, 4) is 11.4 Å². The molecule has 3 aliphatic carbocycles. The molecule has 2 aliphatic heterocycles. The normalized spacial score (nSPS) is 27.5. The van der Waals surface area contributed by atoms with E-state index in [0.717, 1.165) is 55.0 Å². The van der Waals surface area contributed by atoms with Crippen LogP contribution in [0.15, 0.2) is 52.1 Å². The van der Waals surface area contributed by atoms with Gasteiger partial charge in [-0.25, -0.2) is 4.98 Å². The first-order valence-electron chi connectivity index (χ1n) is 16.3. The predicted octanol–water partition coefficient (Wildman–Crippen LogP) is 5.81. The number of fused-ring (bicyclic) bond motifs is 5. The number of para-hydroxylation sites is 2. The second-order valence-electron chi connectivity index (χ2n) is 13.6. The van der Waals surface area contributed by atoms with Crippen molar-refractivity contribution >= 4 is 17.0 Å². The minimum atomic E-state index is -0.560. The number of hydrogen-bond acceptors (Lipinski definition) is 6. The van der Waals surface area contributed by atoms with Gasteiger partial charge < -0.3 is 9.30 Å². The van der Waals surface area contributed by atoms with Gasteiger partial charge in [0.2, 0.25) is 0 Å². The lowest BCUT2D eigenvalue weighted by atomic mass is 9.49. The van der Waals surface area contributed by atoms with Crippen LogP contribution >= 0.6 is 0 Å². The SMILES string of the molecule is CC1(C)C2CCCC1C2.CCN1C2CCCC1CC(n1c(=O)c(-c3cccc(=O)n3CC(=O)OC)nc3ccccc31)C2. The summed E-state index contributed by atoms with van der Waals surface area (Å²) in [4.78, 5) is 46.0. The van der Waals surface area contributed by atoms with Gasteiger partial charge in [-0.3, -0.25) is 23.9 Å². The van der Waals surface area contributed by atoms with E-state index in [1.54, 1.807) is 18.6 Å². The average Bonchev–Trinajstić information content (AvgIpc) is 3.01. The summed E-state index contributed by atoms with van der Waals surface area (Å²) in [5.74, 6) is 1.63. The fraction of sp³-hybridized carbons (Fsp3) is 0.600. The summed E-state index contributed by atoms with van der Waals surface area (Å²) in [6, 6.07) is 13.3. The van der Waals surface area contributed by atoms with Gasteiger partial charge in [-0.15, -0.1) is 0 Å². The number of carbonyl (C=O) groups excluding carboxylic acids is 1. The number of carbonyl (C=O) groups is 1. The van der Waals surface area contributed by atoms with Crippen molar-refractivity contribution in [3.05, 3.63) is 63.2 Å². The summed E-state index contributed by atoms with van der Waals surface area (Å²) in [6.07, 6.45) is 11.5. The maximum atomic E-state index is 14.0. The number of piperidine rings is 2. The fourth-order valence-electron chi connectivity index (χ4n) is 8.66. The number of rotatable bonds is 5. The van der Waals surface area contributed by atoms with E-state index < -0.39 is 5.97 Å². The summed E-state index contributed by atoms with van der Waals surface area (Å²) in [6.45, 7) is 7.87. The third kappa shape index (κ3) is 5.47. The molecule has 0 spiro atoms. The molecule has 3 aromatic rings. The zero-order valence-electron chi connectivity index (χ0n) is 26.1. The molecule has 4 atom stereocenters. The topological polar surface area (TPSA) is 86.4 Å². The van der Waals surface area contributed by atoms with E-state index >= 15 is 0 Å². The van der Waals surface area contributed by atoms with E-state index in [0.29, 0.717) is 23.3 Å². The van der Waals surface area contributed by atoms with E-state index in [1.807, 2.05) is 28.8 Å². The maximum absolute atomic E-state index is 14.0. The third-order valence-electron chi connectivity index (χ3n) is 11.2. The van der Waals surface area contributed by atoms with Crippen LogP contribution in [-0.4, -0.2) is 50.7 Å². The highest BCUT2D eigenvalue weighted by atomic mass is 16.5. The Balaban J connectivity index is 0.000000310. The number of esters is 1. The molecule has 4 bridgehead atoms. The monoisotopic (exact) mass is 586 g/mol. The van der Waals surface area contributed by atoms with Crippen molar-refractivity contribution in [2.45, 2.75) is 103 Å². The highest BCUT2D eigenvalue weighted by Crippen LogP contribution is 2.58. The first-order chi connectivity index (χ1) is 20.7. The molecule has 4 unspecified atom stereocenters. The largest absolute Gasteiger partial charge is 0.468 e. The number of benzene rings is 1. The van der Waals surface area contributed by atoms with E-state index in [1.165, 1.54) is 43.4 Å². The minimum absolute atomic E-state index is 0.0572. The molecule has 5 fully saturated rings. The summed E-state index contributed by atoms with van der Waals surface area (Å²) in [5, 5.41) is 0. The van der Waals surface area contributed by atoms with Gasteiger partial charge in [-0.05, 0) is 86.9 Å². The Morgan fingerprint density at radius 1 is 0.907 bits per heavy atom. The molecular weight excluding hydrogens is 540 g/mol. The summed E-state index contributed by atoms with van der Waals surface area (Å²) in [5.41, 5.74) is 2.14. The zero-order chi connectivity index (χ0) is 30.3. The first-order valence-corrected chi connectivity index (χ1v) is 16.3. The van der Waals surface area contributed by atoms with Gasteiger partial charge in [0.25, 0.3) is 11.1 Å². The lowest BCUT2D eigenvalue weighted by Crippen LogP contribution is -2.53. The smallest absolute Gasteiger partial charge is 0.325 e. The molecule has 230 valence electrons. The van der Waals surface area contributed by atoms with Crippen LogP contribution in [-0.2, 0) is 16.1 Å². The van der Waals surface area contributed by atoms with Crippen LogP contribution in [0.1, 0.15) is 84.6 Å². The second kappa shape index (κ2) is 12.0. The molecule has 8 rings (SSSR count). The molecule has 2 aromatic heterocycles. The number of ether oxygens (including phenoxy) is 1. The Morgan fingerprint density at radius 2 is 1.58 bits per heavy atom. The van der Waals surface area contributed by atoms with Gasteiger partial charge in [-0.2, -0.15) is 0 Å². The predicted molar refractivity (Wildman–Crippen MR) is 169 cm³/mol. The van der Waals surface area contributed by atoms with Gasteiger partial charge in [0.15, 0.2) is 5.69 Å². The van der Waals surface area contributed by atoms with Crippen LogP contribution in [0.5, 0.6) is 0 Å². The van der Waals surface area contributed by atoms with Crippen molar-refractivity contribution in [3.63, 3.8) is 0 Å². The lowest BCUT2D eigenvalue weighted by Gasteiger charge is -2.56. The van der Waals surface area contributed by atoms with E-state index in [2.05, 4.69) is 30.7 Å². The Hall–Kier alpha value is -3.26. The van der Waals surface area contributed by atoms with Crippen molar-refractivity contribution in [2.24, 2.45) is 17.3 Å². The van der Waals surface area contributed by atoms with Crippen LogP contribution in [0.4, 0.5) is 0 Å². The highest BCUT2D eigenvalue weighted by Gasteiger charge is 2.49. The van der Waals surface area contributed by atoms with Gasteiger partial charge >= 0.3 is 5.97 Å². The molecule has 43 heavy (non-hydrogen) atoms. The molecule has 8 heteroatoms. The molecule has 0 radical (unpaired) electrons. The van der Waals surface area contributed by atoms with E-state index in [-0.39, 0.29) is 29.4 Å². The summed E-state index contributed by atoms with van der Waals surface area (Å²) in [7, 11) is 1.27. The Morgan fingerprint density at radius 3 is 2.19 bits per heavy atom. The Bertz CT molecular complexity index is 1580. The molecule has 5 aliphatic rings. The molecular formula is C35H46N4O4. The number of pyridine rings is 1. The Kier molecular flexibility index (Phi) is 8.33. The van der Waals surface area contributed by atoms with Crippen LogP contribution in [0.2, 0.25) is 0 Å². The van der Waals surface area contributed by atoms with Crippen molar-refractivity contribution in [1.82, 2.24) is 19.0 Å². The molecule has 4 heterocycles. The fourth-order valence-corrected chi connectivity index (χ4v) is 8.66. The molecule has 2 saturated heterocycles. The van der Waals surface area contributed by atoms with E-state index in [9.17, 15) is 14.4 Å². The second-order valence-corrected chi connectivity index (χ2v) is 13.6. The lowest BCUT2D eigenvalue weighted by molar-refractivity contribution is -0.141. The number of hydrogen-bond donors (Lipinski definition) is 0. The Labute approximate surface area is 254 Å². The molecule has 8 nitrogen and oxygen atoms in total. The molecule has 0 N–H and O–H groups in total. The molecule has 1 aromatic carbocycles. The maximum Gasteiger partial charge on any atom is 0.325 e. The van der Waals surface area contributed by atoms with Crippen LogP contribution in [0.3, 0.4) is 0 Å². The van der Waals surface area contributed by atoms with Crippen molar-refractivity contribution in [1.29, 1.82) is 0 Å².